The standard InChI is InChI=1S/C31H42O3/c1-21(9-8-20-34-29(33)24-11-4-5-12-28(24)32)25-15-16-26-23-14-13-22-10-6-7-18-30(22,2)27(23)17-19-31(25,26)3/h4-5,11-12,21-23,25-27,32H,6-7,9-10,13-19H2,1-3H3/t21-,22?,23+,25-,26+,27+,30+,31-/m1/s1. The minimum atomic E-state index is -0.587. The molecule has 0 bridgehead atoms. The summed E-state index contributed by atoms with van der Waals surface area (Å²) in [4.78, 5) is 12.2. The molecule has 4 aliphatic rings. The number of aromatic hydroxyl groups is 1. The third-order valence-electron chi connectivity index (χ3n) is 11.1. The average molecular weight is 463 g/mol. The SMILES string of the molecule is C[C@H](CC#COC(=O)c1ccccc1O)[C@H]1CC[C@H]2[C@@H]3CCC4CCCC[C@]4(C)[C@H]3CC[C@]12C. The highest BCUT2D eigenvalue weighted by Gasteiger charge is 2.60. The van der Waals surface area contributed by atoms with Crippen molar-refractivity contribution in [3.05, 3.63) is 29.8 Å². The molecule has 1 aromatic carbocycles. The van der Waals surface area contributed by atoms with Crippen LogP contribution in [0.2, 0.25) is 0 Å². The normalized spacial score (nSPS) is 39.6. The molecule has 4 aliphatic carbocycles. The first kappa shape index (κ1) is 23.8. The second-order valence-corrected chi connectivity index (χ2v) is 12.5. The molecule has 0 aliphatic heterocycles. The second kappa shape index (κ2) is 9.25. The largest absolute Gasteiger partial charge is 0.507 e. The van der Waals surface area contributed by atoms with Crippen LogP contribution in [0.4, 0.5) is 0 Å². The highest BCUT2D eigenvalue weighted by atomic mass is 16.5. The van der Waals surface area contributed by atoms with E-state index in [2.05, 4.69) is 32.8 Å². The summed E-state index contributed by atoms with van der Waals surface area (Å²) >= 11 is 0. The van der Waals surface area contributed by atoms with Gasteiger partial charge in [0.15, 0.2) is 0 Å². The van der Waals surface area contributed by atoms with E-state index in [0.29, 0.717) is 22.7 Å². The van der Waals surface area contributed by atoms with Crippen LogP contribution in [0.15, 0.2) is 24.3 Å². The lowest BCUT2D eigenvalue weighted by Gasteiger charge is -2.60. The van der Waals surface area contributed by atoms with Crippen LogP contribution < -0.4 is 0 Å². The van der Waals surface area contributed by atoms with Gasteiger partial charge in [0, 0.05) is 6.42 Å². The number of carbonyl (C=O) groups is 1. The van der Waals surface area contributed by atoms with E-state index in [1.807, 2.05) is 0 Å². The molecule has 8 atom stereocenters. The lowest BCUT2D eigenvalue weighted by Crippen LogP contribution is -2.53. The molecule has 34 heavy (non-hydrogen) atoms. The lowest BCUT2D eigenvalue weighted by molar-refractivity contribution is -0.114. The first-order valence-corrected chi connectivity index (χ1v) is 13.8. The molecule has 1 N–H and O–H groups in total. The molecule has 5 rings (SSSR count). The van der Waals surface area contributed by atoms with Crippen LogP contribution in [0.5, 0.6) is 5.75 Å². The molecule has 3 heteroatoms. The van der Waals surface area contributed by atoms with Gasteiger partial charge in [-0.3, -0.25) is 0 Å². The van der Waals surface area contributed by atoms with Crippen molar-refractivity contribution in [2.24, 2.45) is 46.3 Å². The Balaban J connectivity index is 1.22. The third kappa shape index (κ3) is 3.96. The molecule has 1 aromatic rings. The Morgan fingerprint density at radius 1 is 1.03 bits per heavy atom. The van der Waals surface area contributed by atoms with Gasteiger partial charge in [-0.05, 0) is 110 Å². The molecular formula is C31H42O3. The minimum Gasteiger partial charge on any atom is -0.507 e. The molecule has 0 heterocycles. The summed E-state index contributed by atoms with van der Waals surface area (Å²) in [7, 11) is 0. The average Bonchev–Trinajstić information content (AvgIpc) is 3.19. The van der Waals surface area contributed by atoms with Crippen LogP contribution in [0.25, 0.3) is 0 Å². The molecule has 0 amide bonds. The van der Waals surface area contributed by atoms with Crippen molar-refractivity contribution in [2.45, 2.75) is 91.4 Å². The van der Waals surface area contributed by atoms with Crippen LogP contribution in [0.1, 0.15) is 102 Å². The van der Waals surface area contributed by atoms with Crippen LogP contribution in [-0.2, 0) is 4.74 Å². The minimum absolute atomic E-state index is 0.0701. The highest BCUT2D eigenvalue weighted by molar-refractivity contribution is 5.92. The quantitative estimate of drug-likeness (QED) is 0.372. The van der Waals surface area contributed by atoms with Crippen molar-refractivity contribution in [2.75, 3.05) is 0 Å². The Kier molecular flexibility index (Phi) is 6.47. The van der Waals surface area contributed by atoms with Gasteiger partial charge in [0.2, 0.25) is 0 Å². The van der Waals surface area contributed by atoms with E-state index < -0.39 is 5.97 Å². The fraction of sp³-hybridized carbons (Fsp3) is 0.710. The van der Waals surface area contributed by atoms with Crippen LogP contribution in [0.3, 0.4) is 0 Å². The van der Waals surface area contributed by atoms with E-state index in [-0.39, 0.29) is 11.3 Å². The number of phenolic OH excluding ortho intramolecular Hbond substituents is 1. The van der Waals surface area contributed by atoms with Gasteiger partial charge in [-0.2, -0.15) is 0 Å². The van der Waals surface area contributed by atoms with E-state index >= 15 is 0 Å². The first-order valence-electron chi connectivity index (χ1n) is 13.8. The zero-order valence-electron chi connectivity index (χ0n) is 21.3. The summed E-state index contributed by atoms with van der Waals surface area (Å²) in [5, 5.41) is 9.82. The maximum Gasteiger partial charge on any atom is 0.355 e. The number of phenols is 1. The van der Waals surface area contributed by atoms with Gasteiger partial charge in [-0.15, -0.1) is 0 Å². The number of fused-ring (bicyclic) bond motifs is 5. The van der Waals surface area contributed by atoms with Crippen molar-refractivity contribution in [1.29, 1.82) is 0 Å². The number of rotatable bonds is 3. The van der Waals surface area contributed by atoms with E-state index in [1.165, 1.54) is 70.3 Å². The van der Waals surface area contributed by atoms with E-state index in [0.717, 1.165) is 30.1 Å². The zero-order chi connectivity index (χ0) is 23.9. The molecule has 0 saturated heterocycles. The maximum atomic E-state index is 12.2. The Hall–Kier alpha value is -1.95. The summed E-state index contributed by atoms with van der Waals surface area (Å²) in [5.41, 5.74) is 1.20. The Morgan fingerprint density at radius 2 is 1.82 bits per heavy atom. The molecule has 0 radical (unpaired) electrons. The van der Waals surface area contributed by atoms with Gasteiger partial charge in [0.1, 0.15) is 17.4 Å². The topological polar surface area (TPSA) is 46.5 Å². The number of carbonyl (C=O) groups excluding carboxylic acids is 1. The van der Waals surface area contributed by atoms with Gasteiger partial charge in [0.25, 0.3) is 0 Å². The van der Waals surface area contributed by atoms with E-state index in [4.69, 9.17) is 4.74 Å². The fourth-order valence-electron chi connectivity index (χ4n) is 9.40. The van der Waals surface area contributed by atoms with Gasteiger partial charge >= 0.3 is 5.97 Å². The van der Waals surface area contributed by atoms with Crippen molar-refractivity contribution in [3.8, 4) is 17.8 Å². The highest BCUT2D eigenvalue weighted by Crippen LogP contribution is 2.68. The van der Waals surface area contributed by atoms with Gasteiger partial charge in [-0.25, -0.2) is 4.79 Å². The molecule has 4 fully saturated rings. The summed E-state index contributed by atoms with van der Waals surface area (Å²) in [6.45, 7) is 7.61. The van der Waals surface area contributed by atoms with Crippen LogP contribution >= 0.6 is 0 Å². The predicted molar refractivity (Wildman–Crippen MR) is 135 cm³/mol. The van der Waals surface area contributed by atoms with Gasteiger partial charge in [-0.1, -0.05) is 51.7 Å². The van der Waals surface area contributed by atoms with Gasteiger partial charge < -0.3 is 9.84 Å². The number of hydrogen-bond donors (Lipinski definition) is 1. The molecule has 184 valence electrons. The predicted octanol–water partition coefficient (Wildman–Crippen LogP) is 7.59. The van der Waals surface area contributed by atoms with Gasteiger partial charge in [0.05, 0.1) is 0 Å². The molecule has 3 nitrogen and oxygen atoms in total. The molecular weight excluding hydrogens is 420 g/mol. The molecule has 4 saturated carbocycles. The molecule has 1 unspecified atom stereocenters. The Labute approximate surface area is 206 Å². The summed E-state index contributed by atoms with van der Waals surface area (Å²) in [6, 6.07) is 6.43. The summed E-state index contributed by atoms with van der Waals surface area (Å²) in [6.07, 6.45) is 17.7. The smallest absolute Gasteiger partial charge is 0.355 e. The maximum absolute atomic E-state index is 12.2. The first-order chi connectivity index (χ1) is 16.3. The number of para-hydroxylation sites is 1. The van der Waals surface area contributed by atoms with Crippen molar-refractivity contribution < 1.29 is 14.6 Å². The number of ether oxygens (including phenoxy) is 1. The number of esters is 1. The summed E-state index contributed by atoms with van der Waals surface area (Å²) < 4.78 is 5.13. The molecule has 0 spiro atoms. The van der Waals surface area contributed by atoms with E-state index in [1.54, 1.807) is 18.2 Å². The number of benzene rings is 1. The lowest BCUT2D eigenvalue weighted by atomic mass is 9.44. The van der Waals surface area contributed by atoms with Crippen LogP contribution in [0, 0.1) is 58.4 Å². The third-order valence-corrected chi connectivity index (χ3v) is 11.1. The second-order valence-electron chi connectivity index (χ2n) is 12.5. The monoisotopic (exact) mass is 462 g/mol. The molecule has 0 aromatic heterocycles. The number of hydrogen-bond acceptors (Lipinski definition) is 3. The summed E-state index contributed by atoms with van der Waals surface area (Å²) in [5.74, 6) is 7.42. The van der Waals surface area contributed by atoms with Crippen LogP contribution in [-0.4, -0.2) is 11.1 Å². The fourth-order valence-corrected chi connectivity index (χ4v) is 9.40. The van der Waals surface area contributed by atoms with Crippen molar-refractivity contribution >= 4 is 5.97 Å². The zero-order valence-corrected chi connectivity index (χ0v) is 21.3. The Bertz CT molecular complexity index is 972. The Morgan fingerprint density at radius 3 is 2.65 bits per heavy atom. The van der Waals surface area contributed by atoms with E-state index in [9.17, 15) is 9.90 Å². The van der Waals surface area contributed by atoms with Crippen molar-refractivity contribution in [3.63, 3.8) is 0 Å². The van der Waals surface area contributed by atoms with Crippen molar-refractivity contribution in [1.82, 2.24) is 0 Å².